The zero-order valence-electron chi connectivity index (χ0n) is 10.5. The van der Waals surface area contributed by atoms with Gasteiger partial charge in [-0.3, -0.25) is 4.79 Å². The average Bonchev–Trinajstić information content (AvgIpc) is 2.29. The Bertz CT molecular complexity index is 293. The highest BCUT2D eigenvalue weighted by Crippen LogP contribution is 2.44. The van der Waals surface area contributed by atoms with Crippen molar-refractivity contribution in [3.63, 3.8) is 0 Å². The minimum atomic E-state index is -0.786. The highest BCUT2D eigenvalue weighted by Gasteiger charge is 2.48. The fourth-order valence-corrected chi connectivity index (χ4v) is 2.11. The van der Waals surface area contributed by atoms with Gasteiger partial charge < -0.3 is 14.8 Å². The molecule has 1 aliphatic carbocycles. The quantitative estimate of drug-likeness (QED) is 0.665. The van der Waals surface area contributed by atoms with E-state index in [-0.39, 0.29) is 5.91 Å². The maximum absolute atomic E-state index is 11.8. The molecule has 5 heteroatoms. The lowest BCUT2D eigenvalue weighted by Crippen LogP contribution is -2.48. The third-order valence-corrected chi connectivity index (χ3v) is 3.01. The molecule has 5 nitrogen and oxygen atoms in total. The van der Waals surface area contributed by atoms with Crippen LogP contribution < -0.4 is 5.32 Å². The van der Waals surface area contributed by atoms with Gasteiger partial charge in [0, 0.05) is 13.7 Å². The molecule has 0 bridgehead atoms. The van der Waals surface area contributed by atoms with Crippen molar-refractivity contribution in [2.75, 3.05) is 33.5 Å². The molecule has 0 atom stereocenters. The third kappa shape index (κ3) is 3.69. The van der Waals surface area contributed by atoms with Crippen LogP contribution in [0.15, 0.2) is 0 Å². The van der Waals surface area contributed by atoms with Crippen molar-refractivity contribution in [1.82, 2.24) is 5.32 Å². The van der Waals surface area contributed by atoms with E-state index in [9.17, 15) is 4.79 Å². The number of rotatable bonds is 7. The minimum absolute atomic E-state index is 0.159. The van der Waals surface area contributed by atoms with E-state index in [4.69, 9.17) is 14.7 Å². The first-order valence-corrected chi connectivity index (χ1v) is 5.91. The highest BCUT2D eigenvalue weighted by atomic mass is 16.5. The van der Waals surface area contributed by atoms with E-state index >= 15 is 0 Å². The molecule has 0 aromatic heterocycles. The molecule has 1 fully saturated rings. The summed E-state index contributed by atoms with van der Waals surface area (Å²) in [5.41, 5.74) is -0.786. The predicted octanol–water partition coefficient (Wildman–Crippen LogP) is 0.705. The molecule has 96 valence electrons. The summed E-state index contributed by atoms with van der Waals surface area (Å²) in [6.07, 6.45) is 1.33. The van der Waals surface area contributed by atoms with Crippen LogP contribution in [0, 0.1) is 22.7 Å². The summed E-state index contributed by atoms with van der Waals surface area (Å²) in [4.78, 5) is 11.8. The van der Waals surface area contributed by atoms with Crippen LogP contribution in [0.4, 0.5) is 0 Å². The minimum Gasteiger partial charge on any atom is -0.382 e. The monoisotopic (exact) mass is 240 g/mol. The van der Waals surface area contributed by atoms with Crippen molar-refractivity contribution in [2.45, 2.75) is 19.8 Å². The first-order valence-electron chi connectivity index (χ1n) is 5.91. The number of ether oxygens (including phenoxy) is 2. The van der Waals surface area contributed by atoms with Crippen LogP contribution in [0.25, 0.3) is 0 Å². The summed E-state index contributed by atoms with van der Waals surface area (Å²) >= 11 is 0. The molecule has 0 spiro atoms. The number of nitriles is 1. The van der Waals surface area contributed by atoms with Gasteiger partial charge in [-0.2, -0.15) is 5.26 Å². The van der Waals surface area contributed by atoms with Crippen LogP contribution in [-0.4, -0.2) is 39.4 Å². The van der Waals surface area contributed by atoms with Gasteiger partial charge in [0.25, 0.3) is 0 Å². The number of hydrogen-bond acceptors (Lipinski definition) is 4. The molecule has 0 aliphatic heterocycles. The van der Waals surface area contributed by atoms with Crippen molar-refractivity contribution < 1.29 is 14.3 Å². The zero-order valence-corrected chi connectivity index (χ0v) is 10.5. The van der Waals surface area contributed by atoms with Crippen LogP contribution in [0.1, 0.15) is 19.8 Å². The molecule has 1 aliphatic rings. The lowest BCUT2D eigenvalue weighted by Gasteiger charge is -2.39. The lowest BCUT2D eigenvalue weighted by atomic mass is 9.63. The Kier molecular flexibility index (Phi) is 5.39. The van der Waals surface area contributed by atoms with Crippen molar-refractivity contribution in [3.05, 3.63) is 0 Å². The second-order valence-corrected chi connectivity index (χ2v) is 4.57. The van der Waals surface area contributed by atoms with Gasteiger partial charge >= 0.3 is 0 Å². The van der Waals surface area contributed by atoms with Crippen molar-refractivity contribution in [2.24, 2.45) is 11.3 Å². The second-order valence-electron chi connectivity index (χ2n) is 4.57. The molecule has 1 saturated carbocycles. The topological polar surface area (TPSA) is 71.3 Å². The normalized spacial score (nSPS) is 27.0. The van der Waals surface area contributed by atoms with E-state index in [0.717, 1.165) is 0 Å². The Morgan fingerprint density at radius 2 is 2.18 bits per heavy atom. The number of nitrogens with zero attached hydrogens (tertiary/aromatic N) is 1. The molecule has 0 saturated heterocycles. The summed E-state index contributed by atoms with van der Waals surface area (Å²) in [5, 5.41) is 11.8. The molecule has 1 N–H and O–H groups in total. The van der Waals surface area contributed by atoms with E-state index in [1.54, 1.807) is 7.11 Å². The molecular weight excluding hydrogens is 220 g/mol. The summed E-state index contributed by atoms with van der Waals surface area (Å²) in [7, 11) is 1.61. The fourth-order valence-electron chi connectivity index (χ4n) is 2.11. The van der Waals surface area contributed by atoms with Crippen LogP contribution in [-0.2, 0) is 14.3 Å². The molecule has 17 heavy (non-hydrogen) atoms. The Morgan fingerprint density at radius 1 is 1.47 bits per heavy atom. The maximum Gasteiger partial charge on any atom is 0.240 e. The Balaban J connectivity index is 2.15. The number of carbonyl (C=O) groups is 1. The van der Waals surface area contributed by atoms with E-state index in [2.05, 4.69) is 18.3 Å². The number of carbonyl (C=O) groups excluding carboxylic acids is 1. The van der Waals surface area contributed by atoms with E-state index < -0.39 is 5.41 Å². The van der Waals surface area contributed by atoms with Crippen molar-refractivity contribution in [1.29, 1.82) is 5.26 Å². The van der Waals surface area contributed by atoms with Crippen LogP contribution in [0.2, 0.25) is 0 Å². The molecule has 0 aromatic rings. The van der Waals surface area contributed by atoms with Gasteiger partial charge in [0.1, 0.15) is 5.41 Å². The van der Waals surface area contributed by atoms with Gasteiger partial charge in [0.05, 0.1) is 25.9 Å². The van der Waals surface area contributed by atoms with E-state index in [0.29, 0.717) is 45.1 Å². The number of nitrogens with one attached hydrogen (secondary N) is 1. The highest BCUT2D eigenvalue weighted by molar-refractivity contribution is 5.86. The smallest absolute Gasteiger partial charge is 0.240 e. The summed E-state index contributed by atoms with van der Waals surface area (Å²) in [5.74, 6) is 0.312. The van der Waals surface area contributed by atoms with Crippen LogP contribution in [0.3, 0.4) is 0 Å². The Hall–Kier alpha value is -1.12. The van der Waals surface area contributed by atoms with E-state index in [1.807, 2.05) is 0 Å². The maximum atomic E-state index is 11.8. The summed E-state index contributed by atoms with van der Waals surface area (Å²) in [6, 6.07) is 2.13. The van der Waals surface area contributed by atoms with Crippen LogP contribution in [0.5, 0.6) is 0 Å². The van der Waals surface area contributed by atoms with Gasteiger partial charge in [0.2, 0.25) is 5.91 Å². The van der Waals surface area contributed by atoms with Crippen molar-refractivity contribution in [3.8, 4) is 6.07 Å². The van der Waals surface area contributed by atoms with Gasteiger partial charge in [-0.25, -0.2) is 0 Å². The van der Waals surface area contributed by atoms with E-state index in [1.165, 1.54) is 0 Å². The first kappa shape index (κ1) is 13.9. The number of hydrogen-bond donors (Lipinski definition) is 1. The summed E-state index contributed by atoms with van der Waals surface area (Å²) in [6.45, 7) is 4.02. The van der Waals surface area contributed by atoms with Gasteiger partial charge in [-0.05, 0) is 18.8 Å². The largest absolute Gasteiger partial charge is 0.382 e. The first-order chi connectivity index (χ1) is 8.14. The number of amides is 1. The lowest BCUT2D eigenvalue weighted by molar-refractivity contribution is -0.134. The van der Waals surface area contributed by atoms with Crippen molar-refractivity contribution >= 4 is 5.91 Å². The van der Waals surface area contributed by atoms with Gasteiger partial charge in [0.15, 0.2) is 0 Å². The Morgan fingerprint density at radius 3 is 2.71 bits per heavy atom. The fraction of sp³-hybridized carbons (Fsp3) is 0.833. The predicted molar refractivity (Wildman–Crippen MR) is 62.1 cm³/mol. The number of methoxy groups -OCH3 is 1. The molecule has 0 heterocycles. The molecular formula is C12H20N2O3. The SMILES string of the molecule is COCCOCCNC(=O)C1(C#N)CC(C)C1. The Labute approximate surface area is 102 Å². The van der Waals surface area contributed by atoms with Gasteiger partial charge in [-0.1, -0.05) is 6.92 Å². The molecule has 1 amide bonds. The standard InChI is InChI=1S/C12H20N2O3/c1-10-7-12(8-10,9-13)11(15)14-3-4-17-6-5-16-2/h10H,3-8H2,1-2H3,(H,14,15). The molecule has 0 unspecified atom stereocenters. The second kappa shape index (κ2) is 6.58. The third-order valence-electron chi connectivity index (χ3n) is 3.01. The molecule has 0 radical (unpaired) electrons. The van der Waals surface area contributed by atoms with Crippen LogP contribution >= 0.6 is 0 Å². The average molecular weight is 240 g/mol. The van der Waals surface area contributed by atoms with Gasteiger partial charge in [-0.15, -0.1) is 0 Å². The zero-order chi connectivity index (χ0) is 12.7. The molecule has 1 rings (SSSR count). The molecule has 0 aromatic carbocycles. The summed E-state index contributed by atoms with van der Waals surface area (Å²) < 4.78 is 10.0.